The summed E-state index contributed by atoms with van der Waals surface area (Å²) >= 11 is 5.00. The summed E-state index contributed by atoms with van der Waals surface area (Å²) in [5.41, 5.74) is 5.94. The number of thiophene rings is 1. The normalized spacial score (nSPS) is 13.6. The summed E-state index contributed by atoms with van der Waals surface area (Å²) in [4.78, 5) is 1.04. The molecule has 0 bridgehead atoms. The SMILES string of the molecule is COC(OC)C(N)c1sccc1Br. The largest absolute Gasteiger partial charge is 0.354 e. The van der Waals surface area contributed by atoms with Crippen LogP contribution in [0.25, 0.3) is 0 Å². The van der Waals surface area contributed by atoms with E-state index in [-0.39, 0.29) is 6.04 Å². The molecule has 1 atom stereocenters. The number of ether oxygens (including phenoxy) is 2. The Labute approximate surface area is 90.0 Å². The quantitative estimate of drug-likeness (QED) is 0.849. The minimum absolute atomic E-state index is 0.246. The second-order valence-corrected chi connectivity index (χ2v) is 4.30. The van der Waals surface area contributed by atoms with Crippen molar-refractivity contribution in [2.45, 2.75) is 12.3 Å². The maximum absolute atomic E-state index is 5.94. The van der Waals surface area contributed by atoms with E-state index in [1.165, 1.54) is 0 Å². The van der Waals surface area contributed by atoms with Gasteiger partial charge in [-0.05, 0) is 27.4 Å². The summed E-state index contributed by atoms with van der Waals surface area (Å²) in [6, 6.07) is 1.71. The molecule has 0 saturated heterocycles. The van der Waals surface area contributed by atoms with Gasteiger partial charge in [0.1, 0.15) is 0 Å². The van der Waals surface area contributed by atoms with E-state index < -0.39 is 6.29 Å². The molecule has 0 aromatic carbocycles. The van der Waals surface area contributed by atoms with Crippen LogP contribution in [-0.4, -0.2) is 20.5 Å². The van der Waals surface area contributed by atoms with Gasteiger partial charge in [0.2, 0.25) is 0 Å². The Morgan fingerprint density at radius 2 is 2.08 bits per heavy atom. The molecule has 1 aromatic rings. The standard InChI is InChI=1S/C8H12BrNO2S/c1-11-8(12-2)6(10)7-5(9)3-4-13-7/h3-4,6,8H,10H2,1-2H3. The van der Waals surface area contributed by atoms with Crippen LogP contribution in [0.1, 0.15) is 10.9 Å². The molecule has 0 aliphatic carbocycles. The molecule has 74 valence electrons. The van der Waals surface area contributed by atoms with Crippen molar-refractivity contribution >= 4 is 27.3 Å². The summed E-state index contributed by atoms with van der Waals surface area (Å²) in [5, 5.41) is 1.97. The van der Waals surface area contributed by atoms with E-state index in [1.54, 1.807) is 25.6 Å². The van der Waals surface area contributed by atoms with E-state index >= 15 is 0 Å². The van der Waals surface area contributed by atoms with Gasteiger partial charge in [0.05, 0.1) is 6.04 Å². The first-order chi connectivity index (χ1) is 6.20. The first kappa shape index (κ1) is 11.1. The summed E-state index contributed by atoms with van der Waals surface area (Å²) in [5.74, 6) is 0. The Kier molecular flexibility index (Phi) is 4.34. The highest BCUT2D eigenvalue weighted by molar-refractivity contribution is 9.10. The average Bonchev–Trinajstić information content (AvgIpc) is 2.53. The van der Waals surface area contributed by atoms with Gasteiger partial charge in [-0.25, -0.2) is 0 Å². The van der Waals surface area contributed by atoms with Crippen molar-refractivity contribution in [3.63, 3.8) is 0 Å². The van der Waals surface area contributed by atoms with E-state index in [1.807, 2.05) is 11.4 Å². The minimum atomic E-state index is -0.394. The monoisotopic (exact) mass is 265 g/mol. The lowest BCUT2D eigenvalue weighted by Crippen LogP contribution is -2.29. The van der Waals surface area contributed by atoms with Crippen LogP contribution in [0.4, 0.5) is 0 Å². The molecule has 1 rings (SSSR count). The van der Waals surface area contributed by atoms with Gasteiger partial charge in [-0.3, -0.25) is 0 Å². The highest BCUT2D eigenvalue weighted by atomic mass is 79.9. The number of halogens is 1. The molecule has 0 spiro atoms. The average molecular weight is 266 g/mol. The highest BCUT2D eigenvalue weighted by Crippen LogP contribution is 2.30. The van der Waals surface area contributed by atoms with Gasteiger partial charge in [0, 0.05) is 23.6 Å². The van der Waals surface area contributed by atoms with Crippen molar-refractivity contribution in [1.82, 2.24) is 0 Å². The van der Waals surface area contributed by atoms with Gasteiger partial charge >= 0.3 is 0 Å². The zero-order valence-electron chi connectivity index (χ0n) is 7.49. The lowest BCUT2D eigenvalue weighted by Gasteiger charge is -2.20. The van der Waals surface area contributed by atoms with Crippen LogP contribution in [-0.2, 0) is 9.47 Å². The van der Waals surface area contributed by atoms with Gasteiger partial charge in [0.15, 0.2) is 6.29 Å². The molecule has 1 heterocycles. The highest BCUT2D eigenvalue weighted by Gasteiger charge is 2.21. The molecule has 3 nitrogen and oxygen atoms in total. The predicted molar refractivity (Wildman–Crippen MR) is 56.8 cm³/mol. The van der Waals surface area contributed by atoms with Crippen LogP contribution in [0.3, 0.4) is 0 Å². The summed E-state index contributed by atoms with van der Waals surface area (Å²) < 4.78 is 11.2. The van der Waals surface area contributed by atoms with Gasteiger partial charge in [0.25, 0.3) is 0 Å². The molecule has 0 amide bonds. The van der Waals surface area contributed by atoms with Gasteiger partial charge in [-0.1, -0.05) is 0 Å². The molecule has 0 saturated carbocycles. The molecule has 1 unspecified atom stereocenters. The van der Waals surface area contributed by atoms with E-state index in [9.17, 15) is 0 Å². The molecule has 13 heavy (non-hydrogen) atoms. The molecule has 5 heteroatoms. The third-order valence-electron chi connectivity index (χ3n) is 1.71. The molecule has 2 N–H and O–H groups in total. The first-order valence-corrected chi connectivity index (χ1v) is 5.42. The van der Waals surface area contributed by atoms with Gasteiger partial charge in [-0.2, -0.15) is 0 Å². The second kappa shape index (κ2) is 5.07. The van der Waals surface area contributed by atoms with Crippen LogP contribution in [0, 0.1) is 0 Å². The smallest absolute Gasteiger partial charge is 0.176 e. The van der Waals surface area contributed by atoms with E-state index in [0.717, 1.165) is 9.35 Å². The summed E-state index contributed by atoms with van der Waals surface area (Å²) in [7, 11) is 3.16. The Hall–Kier alpha value is 0.0600. The molecule has 1 aromatic heterocycles. The third-order valence-corrected chi connectivity index (χ3v) is 3.68. The van der Waals surface area contributed by atoms with Crippen LogP contribution >= 0.6 is 27.3 Å². The Balaban J connectivity index is 2.77. The maximum Gasteiger partial charge on any atom is 0.176 e. The minimum Gasteiger partial charge on any atom is -0.354 e. The number of rotatable bonds is 4. The van der Waals surface area contributed by atoms with Crippen LogP contribution in [0.2, 0.25) is 0 Å². The van der Waals surface area contributed by atoms with Crippen LogP contribution in [0.15, 0.2) is 15.9 Å². The van der Waals surface area contributed by atoms with E-state index in [2.05, 4.69) is 15.9 Å². The Morgan fingerprint density at radius 3 is 2.46 bits per heavy atom. The fourth-order valence-corrected chi connectivity index (χ4v) is 2.71. The fourth-order valence-electron chi connectivity index (χ4n) is 1.06. The third kappa shape index (κ3) is 2.51. The zero-order valence-corrected chi connectivity index (χ0v) is 9.89. The van der Waals surface area contributed by atoms with Gasteiger partial charge < -0.3 is 15.2 Å². The zero-order chi connectivity index (χ0) is 9.84. The number of nitrogens with two attached hydrogens (primary N) is 1. The molecule has 0 radical (unpaired) electrons. The molecule has 0 fully saturated rings. The number of hydrogen-bond acceptors (Lipinski definition) is 4. The first-order valence-electron chi connectivity index (χ1n) is 3.74. The number of methoxy groups -OCH3 is 2. The van der Waals surface area contributed by atoms with E-state index in [4.69, 9.17) is 15.2 Å². The van der Waals surface area contributed by atoms with Crippen molar-refractivity contribution in [2.24, 2.45) is 5.73 Å². The van der Waals surface area contributed by atoms with Crippen molar-refractivity contribution in [3.8, 4) is 0 Å². The predicted octanol–water partition coefficient (Wildman–Crippen LogP) is 2.13. The van der Waals surface area contributed by atoms with Crippen molar-refractivity contribution in [3.05, 3.63) is 20.8 Å². The molecule has 0 aliphatic rings. The maximum atomic E-state index is 5.94. The lowest BCUT2D eigenvalue weighted by molar-refractivity contribution is -0.116. The summed E-state index contributed by atoms with van der Waals surface area (Å²) in [6.45, 7) is 0. The van der Waals surface area contributed by atoms with Crippen molar-refractivity contribution in [2.75, 3.05) is 14.2 Å². The molecule has 0 aliphatic heterocycles. The topological polar surface area (TPSA) is 44.5 Å². The van der Waals surface area contributed by atoms with Crippen molar-refractivity contribution in [1.29, 1.82) is 0 Å². The number of hydrogen-bond donors (Lipinski definition) is 1. The second-order valence-electron chi connectivity index (χ2n) is 2.50. The van der Waals surface area contributed by atoms with Crippen molar-refractivity contribution < 1.29 is 9.47 Å². The fraction of sp³-hybridized carbons (Fsp3) is 0.500. The Morgan fingerprint density at radius 1 is 1.46 bits per heavy atom. The Bertz CT molecular complexity index is 262. The molecular formula is C8H12BrNO2S. The van der Waals surface area contributed by atoms with Crippen LogP contribution in [0.5, 0.6) is 0 Å². The summed E-state index contributed by atoms with van der Waals surface area (Å²) in [6.07, 6.45) is -0.394. The van der Waals surface area contributed by atoms with Crippen LogP contribution < -0.4 is 5.73 Å². The van der Waals surface area contributed by atoms with E-state index in [0.29, 0.717) is 0 Å². The molecular weight excluding hydrogens is 254 g/mol. The lowest BCUT2D eigenvalue weighted by atomic mass is 10.2. The van der Waals surface area contributed by atoms with Gasteiger partial charge in [-0.15, -0.1) is 11.3 Å².